The third-order valence-electron chi connectivity index (χ3n) is 4.13. The van der Waals surface area contributed by atoms with Gasteiger partial charge in [-0.3, -0.25) is 4.79 Å². The highest BCUT2D eigenvalue weighted by Crippen LogP contribution is 2.22. The largest absolute Gasteiger partial charge is 0.326 e. The lowest BCUT2D eigenvalue weighted by atomic mass is 10.2. The SMILES string of the molecule is Cc1ccc(N2CC[C@@H](NC(=O)Nc3cccc(C)c3)C2=O)cc1. The molecule has 0 unspecified atom stereocenters. The molecule has 0 radical (unpaired) electrons. The Bertz CT molecular complexity index is 755. The minimum absolute atomic E-state index is 0.0711. The topological polar surface area (TPSA) is 61.4 Å². The highest BCUT2D eigenvalue weighted by Gasteiger charge is 2.33. The molecule has 3 rings (SSSR count). The Labute approximate surface area is 141 Å². The normalized spacial score (nSPS) is 17.0. The molecular weight excluding hydrogens is 302 g/mol. The monoisotopic (exact) mass is 323 g/mol. The fourth-order valence-corrected chi connectivity index (χ4v) is 2.84. The van der Waals surface area contributed by atoms with Gasteiger partial charge < -0.3 is 15.5 Å². The minimum atomic E-state index is -0.490. The fourth-order valence-electron chi connectivity index (χ4n) is 2.84. The number of carbonyl (C=O) groups is 2. The molecule has 1 saturated heterocycles. The quantitative estimate of drug-likeness (QED) is 0.911. The van der Waals surface area contributed by atoms with Crippen LogP contribution in [0.5, 0.6) is 0 Å². The first-order valence-corrected chi connectivity index (χ1v) is 8.05. The van der Waals surface area contributed by atoms with Crippen molar-refractivity contribution in [3.8, 4) is 0 Å². The Hall–Kier alpha value is -2.82. The fraction of sp³-hybridized carbons (Fsp3) is 0.263. The van der Waals surface area contributed by atoms with E-state index in [4.69, 9.17) is 0 Å². The van der Waals surface area contributed by atoms with Gasteiger partial charge in [0.2, 0.25) is 5.91 Å². The first kappa shape index (κ1) is 16.1. The molecular formula is C19H21N3O2. The maximum atomic E-state index is 12.5. The molecule has 1 aliphatic rings. The van der Waals surface area contributed by atoms with E-state index in [1.807, 2.05) is 62.4 Å². The van der Waals surface area contributed by atoms with E-state index in [0.29, 0.717) is 18.7 Å². The molecule has 0 aromatic heterocycles. The number of rotatable bonds is 3. The summed E-state index contributed by atoms with van der Waals surface area (Å²) in [6.45, 7) is 4.58. The van der Waals surface area contributed by atoms with Crippen LogP contribution in [0, 0.1) is 13.8 Å². The van der Waals surface area contributed by atoms with Crippen LogP contribution >= 0.6 is 0 Å². The Morgan fingerprint density at radius 1 is 1.08 bits per heavy atom. The lowest BCUT2D eigenvalue weighted by Gasteiger charge is -2.17. The van der Waals surface area contributed by atoms with E-state index in [-0.39, 0.29) is 11.9 Å². The summed E-state index contributed by atoms with van der Waals surface area (Å²) in [6.07, 6.45) is 0.605. The van der Waals surface area contributed by atoms with Crippen molar-refractivity contribution in [2.75, 3.05) is 16.8 Å². The highest BCUT2D eigenvalue weighted by molar-refractivity contribution is 6.02. The Balaban J connectivity index is 1.61. The third kappa shape index (κ3) is 3.56. The number of urea groups is 1. The molecule has 2 aromatic rings. The van der Waals surface area contributed by atoms with Gasteiger partial charge in [0.25, 0.3) is 0 Å². The van der Waals surface area contributed by atoms with Crippen molar-refractivity contribution < 1.29 is 9.59 Å². The summed E-state index contributed by atoms with van der Waals surface area (Å²) >= 11 is 0. The second kappa shape index (κ2) is 6.74. The average Bonchev–Trinajstić information content (AvgIpc) is 2.89. The van der Waals surface area contributed by atoms with E-state index in [9.17, 15) is 9.59 Å². The third-order valence-corrected chi connectivity index (χ3v) is 4.13. The molecule has 5 heteroatoms. The zero-order valence-electron chi connectivity index (χ0n) is 13.9. The number of nitrogens with zero attached hydrogens (tertiary/aromatic N) is 1. The van der Waals surface area contributed by atoms with Gasteiger partial charge in [-0.2, -0.15) is 0 Å². The lowest BCUT2D eigenvalue weighted by molar-refractivity contribution is -0.118. The zero-order valence-corrected chi connectivity index (χ0v) is 13.9. The number of hydrogen-bond donors (Lipinski definition) is 2. The van der Waals surface area contributed by atoms with E-state index >= 15 is 0 Å². The van der Waals surface area contributed by atoms with Gasteiger partial charge in [0, 0.05) is 17.9 Å². The Kier molecular flexibility index (Phi) is 4.51. The van der Waals surface area contributed by atoms with Crippen LogP contribution in [-0.4, -0.2) is 24.5 Å². The first-order chi connectivity index (χ1) is 11.5. The van der Waals surface area contributed by atoms with Crippen molar-refractivity contribution in [2.45, 2.75) is 26.3 Å². The van der Waals surface area contributed by atoms with Crippen LogP contribution in [0.3, 0.4) is 0 Å². The number of benzene rings is 2. The van der Waals surface area contributed by atoms with Gasteiger partial charge in [-0.15, -0.1) is 0 Å². The molecule has 0 bridgehead atoms. The van der Waals surface area contributed by atoms with E-state index in [1.165, 1.54) is 0 Å². The van der Waals surface area contributed by atoms with Gasteiger partial charge in [0.1, 0.15) is 6.04 Å². The van der Waals surface area contributed by atoms with Gasteiger partial charge in [-0.25, -0.2) is 4.79 Å². The van der Waals surface area contributed by atoms with Gasteiger partial charge in [-0.1, -0.05) is 29.8 Å². The summed E-state index contributed by atoms with van der Waals surface area (Å²) in [7, 11) is 0. The molecule has 5 nitrogen and oxygen atoms in total. The minimum Gasteiger partial charge on any atom is -0.326 e. The number of amides is 3. The van der Waals surface area contributed by atoms with Crippen LogP contribution < -0.4 is 15.5 Å². The molecule has 2 aromatic carbocycles. The molecule has 0 spiro atoms. The smallest absolute Gasteiger partial charge is 0.319 e. The standard InChI is InChI=1S/C19H21N3O2/c1-13-6-8-16(9-7-13)22-11-10-17(18(22)23)21-19(24)20-15-5-3-4-14(2)12-15/h3-9,12,17H,10-11H2,1-2H3,(H2,20,21,24)/t17-/m1/s1. The molecule has 124 valence electrons. The van der Waals surface area contributed by atoms with Gasteiger partial charge in [0.05, 0.1) is 0 Å². The van der Waals surface area contributed by atoms with E-state index in [1.54, 1.807) is 4.90 Å². The Morgan fingerprint density at radius 2 is 1.83 bits per heavy atom. The van der Waals surface area contributed by atoms with Crippen LogP contribution in [0.2, 0.25) is 0 Å². The number of carbonyl (C=O) groups excluding carboxylic acids is 2. The number of nitrogens with one attached hydrogen (secondary N) is 2. The highest BCUT2D eigenvalue weighted by atomic mass is 16.2. The molecule has 0 saturated carbocycles. The maximum absolute atomic E-state index is 12.5. The summed E-state index contributed by atoms with van der Waals surface area (Å²) in [6, 6.07) is 14.5. The molecule has 1 heterocycles. The van der Waals surface area contributed by atoms with Gasteiger partial charge in [0.15, 0.2) is 0 Å². The van der Waals surface area contributed by atoms with E-state index in [2.05, 4.69) is 10.6 Å². The van der Waals surface area contributed by atoms with Crippen LogP contribution in [0.15, 0.2) is 48.5 Å². The van der Waals surface area contributed by atoms with E-state index < -0.39 is 6.04 Å². The van der Waals surface area contributed by atoms with Crippen molar-refractivity contribution in [1.29, 1.82) is 0 Å². The first-order valence-electron chi connectivity index (χ1n) is 8.05. The lowest BCUT2D eigenvalue weighted by Crippen LogP contribution is -2.43. The summed E-state index contributed by atoms with van der Waals surface area (Å²) in [4.78, 5) is 26.4. The predicted molar refractivity (Wildman–Crippen MR) is 95.3 cm³/mol. The predicted octanol–water partition coefficient (Wildman–Crippen LogP) is 3.23. The Morgan fingerprint density at radius 3 is 2.54 bits per heavy atom. The van der Waals surface area contributed by atoms with Gasteiger partial charge in [-0.05, 0) is 50.1 Å². The molecule has 2 N–H and O–H groups in total. The zero-order chi connectivity index (χ0) is 17.1. The van der Waals surface area contributed by atoms with Crippen LogP contribution in [0.4, 0.5) is 16.2 Å². The summed E-state index contributed by atoms with van der Waals surface area (Å²) in [5.41, 5.74) is 3.80. The molecule has 24 heavy (non-hydrogen) atoms. The number of hydrogen-bond acceptors (Lipinski definition) is 2. The number of aryl methyl sites for hydroxylation is 2. The van der Waals surface area contributed by atoms with Crippen molar-refractivity contribution in [2.24, 2.45) is 0 Å². The molecule has 1 atom stereocenters. The number of anilines is 2. The van der Waals surface area contributed by atoms with E-state index in [0.717, 1.165) is 16.8 Å². The summed E-state index contributed by atoms with van der Waals surface area (Å²) < 4.78 is 0. The summed E-state index contributed by atoms with van der Waals surface area (Å²) in [5, 5.41) is 5.54. The average molecular weight is 323 g/mol. The van der Waals surface area contributed by atoms with Gasteiger partial charge >= 0.3 is 6.03 Å². The second-order valence-corrected chi connectivity index (χ2v) is 6.13. The molecule has 1 aliphatic heterocycles. The second-order valence-electron chi connectivity index (χ2n) is 6.13. The van der Waals surface area contributed by atoms with Crippen LogP contribution in [0.25, 0.3) is 0 Å². The van der Waals surface area contributed by atoms with Crippen LogP contribution in [-0.2, 0) is 4.79 Å². The molecule has 3 amide bonds. The molecule has 0 aliphatic carbocycles. The van der Waals surface area contributed by atoms with Crippen molar-refractivity contribution in [3.05, 3.63) is 59.7 Å². The molecule has 1 fully saturated rings. The summed E-state index contributed by atoms with van der Waals surface area (Å²) in [5.74, 6) is -0.0711. The maximum Gasteiger partial charge on any atom is 0.319 e. The van der Waals surface area contributed by atoms with Crippen LogP contribution in [0.1, 0.15) is 17.5 Å². The van der Waals surface area contributed by atoms with Crippen molar-refractivity contribution in [3.63, 3.8) is 0 Å². The van der Waals surface area contributed by atoms with Crippen molar-refractivity contribution in [1.82, 2.24) is 5.32 Å². The van der Waals surface area contributed by atoms with Crippen molar-refractivity contribution >= 4 is 23.3 Å².